The highest BCUT2D eigenvalue weighted by Gasteiger charge is 2.33. The quantitative estimate of drug-likeness (QED) is 0.221. The van der Waals surface area contributed by atoms with Crippen molar-refractivity contribution in [2.24, 2.45) is 11.3 Å². The fourth-order valence-electron chi connectivity index (χ4n) is 7.21. The number of benzene rings is 2. The molecule has 50 heavy (non-hydrogen) atoms. The highest BCUT2D eigenvalue weighted by atomic mass is 32.2. The van der Waals surface area contributed by atoms with Gasteiger partial charge in [-0.1, -0.05) is 65.0 Å². The largest absolute Gasteiger partial charge is 0.475 e. The van der Waals surface area contributed by atoms with E-state index in [1.165, 1.54) is 12.1 Å². The number of fused-ring (bicyclic) bond motifs is 4. The first-order valence-electron chi connectivity index (χ1n) is 17.4. The molecule has 2 aromatic heterocycles. The van der Waals surface area contributed by atoms with E-state index in [1.807, 2.05) is 50.2 Å². The van der Waals surface area contributed by atoms with Crippen LogP contribution < -0.4 is 14.4 Å². The number of rotatable bonds is 6. The van der Waals surface area contributed by atoms with E-state index in [0.29, 0.717) is 24.1 Å². The number of ether oxygens (including phenoxy) is 1. The number of hydrogen-bond donors (Lipinski definition) is 1. The number of carbonyl (C=O) groups excluding carboxylic acids is 1. The zero-order valence-corrected chi connectivity index (χ0v) is 30.9. The number of sulfonamides is 1. The molecular weight excluding hydrogens is 649 g/mol. The Bertz CT molecular complexity index is 1970. The van der Waals surface area contributed by atoms with Crippen molar-refractivity contribution in [3.8, 4) is 17.1 Å². The van der Waals surface area contributed by atoms with Crippen LogP contribution in [-0.2, 0) is 16.6 Å². The van der Waals surface area contributed by atoms with Crippen molar-refractivity contribution in [2.75, 3.05) is 22.8 Å². The van der Waals surface area contributed by atoms with Crippen molar-refractivity contribution in [1.29, 1.82) is 0 Å². The number of hydrogen-bond acceptors (Lipinski definition) is 8. The Morgan fingerprint density at radius 2 is 1.68 bits per heavy atom. The first-order valence-corrected chi connectivity index (χ1v) is 18.9. The van der Waals surface area contributed by atoms with Gasteiger partial charge in [-0.25, -0.2) is 23.1 Å². The van der Waals surface area contributed by atoms with Gasteiger partial charge in [-0.15, -0.1) is 0 Å². The standard InChI is InChI=1S/C39H48N6O4S/c1-25(2)33-17-11-19-44(33)34-18-10-15-29(40-34)23-45-30(22-39(5,6)7)24-49-35-21-32(36-26(3)12-8-13-27(36)4)41-38(42-35)43-50(47,48)31-16-9-14-28(20-31)37(45)46/h8-10,12-16,18,20-21,25,30,33H,11,17,19,22-24H2,1-7H3,(H,41,42,43)/t30-,33?/m1/s1. The molecule has 0 aliphatic carbocycles. The lowest BCUT2D eigenvalue weighted by atomic mass is 9.87. The molecule has 2 atom stereocenters. The Balaban J connectivity index is 1.46. The van der Waals surface area contributed by atoms with Crippen LogP contribution in [0.15, 0.2) is 71.6 Å². The SMILES string of the molecule is Cc1cccc(C)c1-c1cc2nc(n1)NS(=O)(=O)c1cccc(c1)C(=O)N(Cc1cccc(N3CCCC3C(C)C)n1)[C@H](CC(C)(C)C)CO2. The predicted octanol–water partition coefficient (Wildman–Crippen LogP) is 7.42. The second kappa shape index (κ2) is 14.0. The van der Waals surface area contributed by atoms with Gasteiger partial charge in [0.2, 0.25) is 11.8 Å². The maximum Gasteiger partial charge on any atom is 0.264 e. The van der Waals surface area contributed by atoms with Crippen LogP contribution in [0.3, 0.4) is 0 Å². The Labute approximate surface area is 296 Å². The lowest BCUT2D eigenvalue weighted by Crippen LogP contribution is -2.45. The number of amides is 1. The van der Waals surface area contributed by atoms with E-state index in [1.54, 1.807) is 23.1 Å². The van der Waals surface area contributed by atoms with E-state index in [-0.39, 0.29) is 46.8 Å². The lowest BCUT2D eigenvalue weighted by Gasteiger charge is -2.36. The summed E-state index contributed by atoms with van der Waals surface area (Å²) in [7, 11) is -4.17. The highest BCUT2D eigenvalue weighted by Crippen LogP contribution is 2.33. The zero-order valence-electron chi connectivity index (χ0n) is 30.1. The average molecular weight is 697 g/mol. The molecule has 10 nitrogen and oxygen atoms in total. The number of pyridine rings is 1. The van der Waals surface area contributed by atoms with Crippen molar-refractivity contribution in [1.82, 2.24) is 19.9 Å². The Morgan fingerprint density at radius 1 is 0.960 bits per heavy atom. The van der Waals surface area contributed by atoms with Crippen molar-refractivity contribution in [3.05, 3.63) is 89.1 Å². The summed E-state index contributed by atoms with van der Waals surface area (Å²) >= 11 is 0. The third-order valence-corrected chi connectivity index (χ3v) is 10.8. The van der Waals surface area contributed by atoms with E-state index >= 15 is 0 Å². The molecule has 2 aromatic carbocycles. The summed E-state index contributed by atoms with van der Waals surface area (Å²) in [4.78, 5) is 32.9. The van der Waals surface area contributed by atoms with Gasteiger partial charge in [-0.3, -0.25) is 4.79 Å². The first-order chi connectivity index (χ1) is 23.7. The smallest absolute Gasteiger partial charge is 0.264 e. The molecule has 4 heterocycles. The number of carbonyl (C=O) groups is 1. The number of nitrogens with one attached hydrogen (secondary N) is 1. The summed E-state index contributed by atoms with van der Waals surface area (Å²) in [6.07, 6.45) is 2.86. The van der Waals surface area contributed by atoms with Gasteiger partial charge >= 0.3 is 0 Å². The zero-order chi connectivity index (χ0) is 35.8. The van der Waals surface area contributed by atoms with Crippen molar-refractivity contribution in [2.45, 2.75) is 91.3 Å². The van der Waals surface area contributed by atoms with Gasteiger partial charge < -0.3 is 14.5 Å². The minimum atomic E-state index is -4.17. The van der Waals surface area contributed by atoms with Gasteiger partial charge in [0.25, 0.3) is 15.9 Å². The summed E-state index contributed by atoms with van der Waals surface area (Å²) in [6.45, 7) is 16.2. The molecule has 2 aliphatic rings. The monoisotopic (exact) mass is 696 g/mol. The van der Waals surface area contributed by atoms with Crippen LogP contribution in [0, 0.1) is 25.2 Å². The molecule has 264 valence electrons. The molecule has 4 bridgehead atoms. The topological polar surface area (TPSA) is 118 Å². The van der Waals surface area contributed by atoms with Crippen LogP contribution in [0.5, 0.6) is 5.88 Å². The van der Waals surface area contributed by atoms with Crippen LogP contribution in [0.4, 0.5) is 11.8 Å². The summed E-state index contributed by atoms with van der Waals surface area (Å²) in [5.41, 5.74) is 4.21. The van der Waals surface area contributed by atoms with Crippen molar-refractivity contribution < 1.29 is 17.9 Å². The van der Waals surface area contributed by atoms with E-state index in [2.05, 4.69) is 54.2 Å². The molecule has 1 unspecified atom stereocenters. The number of aryl methyl sites for hydroxylation is 2. The molecule has 0 radical (unpaired) electrons. The maximum absolute atomic E-state index is 14.6. The number of aromatic nitrogens is 3. The molecular formula is C39H48N6O4S. The Morgan fingerprint density at radius 3 is 2.40 bits per heavy atom. The van der Waals surface area contributed by atoms with Crippen molar-refractivity contribution in [3.63, 3.8) is 0 Å². The molecule has 1 amide bonds. The molecule has 2 aliphatic heterocycles. The molecule has 1 N–H and O–H groups in total. The first kappa shape index (κ1) is 35.3. The van der Waals surface area contributed by atoms with Crippen LogP contribution >= 0.6 is 0 Å². The fourth-order valence-corrected chi connectivity index (χ4v) is 8.20. The highest BCUT2D eigenvalue weighted by molar-refractivity contribution is 7.92. The summed E-state index contributed by atoms with van der Waals surface area (Å²) in [6, 6.07) is 19.8. The summed E-state index contributed by atoms with van der Waals surface area (Å²) in [5.74, 6) is 1.20. The van der Waals surface area contributed by atoms with E-state index in [0.717, 1.165) is 47.6 Å². The Kier molecular flexibility index (Phi) is 9.90. The minimum absolute atomic E-state index is 0.0626. The van der Waals surface area contributed by atoms with E-state index in [9.17, 15) is 13.2 Å². The van der Waals surface area contributed by atoms with Crippen LogP contribution in [0.1, 0.15) is 81.1 Å². The third-order valence-electron chi connectivity index (χ3n) is 9.52. The molecule has 0 spiro atoms. The average Bonchev–Trinajstić information content (AvgIpc) is 3.55. The molecule has 4 aromatic rings. The summed E-state index contributed by atoms with van der Waals surface area (Å²) < 4.78 is 36.5. The molecule has 0 saturated carbocycles. The van der Waals surface area contributed by atoms with Gasteiger partial charge in [-0.2, -0.15) is 4.98 Å². The fraction of sp³-hybridized carbons (Fsp3) is 0.436. The third kappa shape index (κ3) is 7.78. The normalized spacial score (nSPS) is 19.3. The van der Waals surface area contributed by atoms with E-state index < -0.39 is 16.1 Å². The van der Waals surface area contributed by atoms with Crippen LogP contribution in [-0.4, -0.2) is 59.4 Å². The van der Waals surface area contributed by atoms with Crippen LogP contribution in [0.2, 0.25) is 0 Å². The molecule has 1 saturated heterocycles. The predicted molar refractivity (Wildman–Crippen MR) is 197 cm³/mol. The molecule has 1 fully saturated rings. The maximum atomic E-state index is 14.6. The van der Waals surface area contributed by atoms with Gasteiger partial charge in [0.05, 0.1) is 28.9 Å². The molecule has 11 heteroatoms. The van der Waals surface area contributed by atoms with Crippen molar-refractivity contribution >= 4 is 27.7 Å². The van der Waals surface area contributed by atoms with E-state index in [4.69, 9.17) is 9.72 Å². The lowest BCUT2D eigenvalue weighted by molar-refractivity contribution is 0.0509. The Hall–Kier alpha value is -4.51. The van der Waals surface area contributed by atoms with Crippen LogP contribution in [0.25, 0.3) is 11.3 Å². The van der Waals surface area contributed by atoms with Gasteiger partial charge in [0, 0.05) is 29.8 Å². The summed E-state index contributed by atoms with van der Waals surface area (Å²) in [5, 5.41) is 0. The number of anilines is 2. The van der Waals surface area contributed by atoms with Gasteiger partial charge in [-0.05, 0) is 85.9 Å². The van der Waals surface area contributed by atoms with Gasteiger partial charge in [0.15, 0.2) is 0 Å². The minimum Gasteiger partial charge on any atom is -0.475 e. The second-order valence-electron chi connectivity index (χ2n) is 15.1. The van der Waals surface area contributed by atoms with Gasteiger partial charge in [0.1, 0.15) is 12.4 Å². The number of nitrogens with zero attached hydrogens (tertiary/aromatic N) is 5. The second-order valence-corrected chi connectivity index (χ2v) is 16.8. The molecule has 6 rings (SSSR count).